The van der Waals surface area contributed by atoms with Crippen molar-refractivity contribution in [1.82, 2.24) is 20.0 Å². The Morgan fingerprint density at radius 1 is 1.00 bits per heavy atom. The highest BCUT2D eigenvalue weighted by molar-refractivity contribution is 7.14. The van der Waals surface area contributed by atoms with Crippen molar-refractivity contribution in [3.05, 3.63) is 68.1 Å². The van der Waals surface area contributed by atoms with Gasteiger partial charge in [-0.25, -0.2) is 4.68 Å². The van der Waals surface area contributed by atoms with Gasteiger partial charge >= 0.3 is 0 Å². The zero-order chi connectivity index (χ0) is 23.0. The lowest BCUT2D eigenvalue weighted by atomic mass is 10.1. The number of ether oxygens (including phenoxy) is 1. The summed E-state index contributed by atoms with van der Waals surface area (Å²) < 4.78 is 7.66. The first-order valence-corrected chi connectivity index (χ1v) is 12.0. The van der Waals surface area contributed by atoms with E-state index in [1.54, 1.807) is 12.1 Å². The van der Waals surface area contributed by atoms with Gasteiger partial charge in [-0.2, -0.15) is 5.10 Å². The Morgan fingerprint density at radius 3 is 2.34 bits per heavy atom. The molecule has 0 aliphatic heterocycles. The summed E-state index contributed by atoms with van der Waals surface area (Å²) in [6, 6.07) is 13.0. The van der Waals surface area contributed by atoms with Crippen molar-refractivity contribution in [2.24, 2.45) is 0 Å². The van der Waals surface area contributed by atoms with Crippen LogP contribution in [0.5, 0.6) is 0 Å². The molecule has 0 saturated heterocycles. The molecular formula is C23H21Cl3N4OS. The zero-order valence-electron chi connectivity index (χ0n) is 18.0. The van der Waals surface area contributed by atoms with Crippen LogP contribution in [0.4, 0.5) is 0 Å². The van der Waals surface area contributed by atoms with E-state index in [1.165, 1.54) is 11.3 Å². The molecule has 2 heterocycles. The van der Waals surface area contributed by atoms with Gasteiger partial charge in [-0.3, -0.25) is 0 Å². The van der Waals surface area contributed by atoms with E-state index in [1.807, 2.05) is 62.7 Å². The van der Waals surface area contributed by atoms with E-state index in [-0.39, 0.29) is 0 Å². The second-order valence-electron chi connectivity index (χ2n) is 7.69. The molecule has 32 heavy (non-hydrogen) atoms. The van der Waals surface area contributed by atoms with Gasteiger partial charge in [0.05, 0.1) is 16.4 Å². The molecule has 166 valence electrons. The average Bonchev–Trinajstić information content (AvgIpc) is 3.34. The third-order valence-electron chi connectivity index (χ3n) is 5.03. The second kappa shape index (κ2) is 9.12. The van der Waals surface area contributed by atoms with Crippen molar-refractivity contribution >= 4 is 46.1 Å². The molecule has 9 heteroatoms. The summed E-state index contributed by atoms with van der Waals surface area (Å²) in [6.45, 7) is 8.54. The Bertz CT molecular complexity index is 1260. The maximum absolute atomic E-state index is 6.55. The molecule has 0 aliphatic rings. The maximum atomic E-state index is 6.55. The van der Waals surface area contributed by atoms with Crippen molar-refractivity contribution in [1.29, 1.82) is 0 Å². The van der Waals surface area contributed by atoms with E-state index in [4.69, 9.17) is 44.6 Å². The predicted molar refractivity (Wildman–Crippen MR) is 132 cm³/mol. The van der Waals surface area contributed by atoms with E-state index >= 15 is 0 Å². The Hall–Kier alpha value is -1.96. The van der Waals surface area contributed by atoms with Gasteiger partial charge in [0.2, 0.25) is 0 Å². The maximum Gasteiger partial charge on any atom is 0.168 e. The molecule has 2 aromatic carbocycles. The molecule has 0 aliphatic carbocycles. The van der Waals surface area contributed by atoms with Crippen LogP contribution in [0.1, 0.15) is 31.3 Å². The Morgan fingerprint density at radius 2 is 1.69 bits per heavy atom. The van der Waals surface area contributed by atoms with E-state index in [2.05, 4.69) is 10.2 Å². The molecule has 0 saturated carbocycles. The molecule has 0 atom stereocenters. The van der Waals surface area contributed by atoms with Gasteiger partial charge < -0.3 is 4.74 Å². The van der Waals surface area contributed by atoms with Crippen LogP contribution >= 0.6 is 46.1 Å². The van der Waals surface area contributed by atoms with Crippen LogP contribution in [0.2, 0.25) is 15.1 Å². The molecule has 0 fully saturated rings. The van der Waals surface area contributed by atoms with Crippen LogP contribution in [-0.2, 0) is 10.3 Å². The number of benzene rings is 2. The third kappa shape index (κ3) is 4.43. The highest BCUT2D eigenvalue weighted by Gasteiger charge is 2.28. The average molecular weight is 508 g/mol. The quantitative estimate of drug-likeness (QED) is 0.270. The first kappa shape index (κ1) is 23.2. The standard InChI is InChI=1S/C23H21Cl3N4OS/c1-5-31-23(3,4)22-28-27-21(32-22)19-13(2)20(14-6-8-15(24)9-7-14)30(29-19)18-11-10-16(25)12-17(18)26/h6-12H,5H2,1-4H3. The van der Waals surface area contributed by atoms with E-state index in [0.29, 0.717) is 26.7 Å². The number of hydrogen-bond donors (Lipinski definition) is 0. The summed E-state index contributed by atoms with van der Waals surface area (Å²) in [5.41, 5.74) is 3.72. The molecule has 5 nitrogen and oxygen atoms in total. The van der Waals surface area contributed by atoms with E-state index in [9.17, 15) is 0 Å². The van der Waals surface area contributed by atoms with Gasteiger partial charge in [0.1, 0.15) is 16.3 Å². The van der Waals surface area contributed by atoms with Crippen molar-refractivity contribution in [3.8, 4) is 27.6 Å². The second-order valence-corrected chi connectivity index (χ2v) is 9.95. The van der Waals surface area contributed by atoms with Crippen LogP contribution in [0, 0.1) is 6.92 Å². The summed E-state index contributed by atoms with van der Waals surface area (Å²) >= 11 is 20.3. The molecule has 0 N–H and O–H groups in total. The van der Waals surface area contributed by atoms with Crippen molar-refractivity contribution in [3.63, 3.8) is 0 Å². The summed E-state index contributed by atoms with van der Waals surface area (Å²) in [6.07, 6.45) is 0. The zero-order valence-corrected chi connectivity index (χ0v) is 21.1. The number of nitrogens with zero attached hydrogens (tertiary/aromatic N) is 4. The molecule has 0 bridgehead atoms. The normalized spacial score (nSPS) is 11.8. The van der Waals surface area contributed by atoms with Gasteiger partial charge in [-0.15, -0.1) is 10.2 Å². The Balaban J connectivity index is 1.91. The van der Waals surface area contributed by atoms with Gasteiger partial charge in [0.25, 0.3) is 0 Å². The van der Waals surface area contributed by atoms with Gasteiger partial charge in [-0.1, -0.05) is 58.3 Å². The minimum absolute atomic E-state index is 0.497. The first-order chi connectivity index (χ1) is 15.2. The van der Waals surface area contributed by atoms with Crippen molar-refractivity contribution in [2.45, 2.75) is 33.3 Å². The fraction of sp³-hybridized carbons (Fsp3) is 0.261. The fourth-order valence-corrected chi connectivity index (χ4v) is 5.01. The summed E-state index contributed by atoms with van der Waals surface area (Å²) in [5, 5.41) is 16.9. The van der Waals surface area contributed by atoms with Crippen LogP contribution < -0.4 is 0 Å². The molecule has 4 aromatic rings. The SMILES string of the molecule is CCOC(C)(C)c1nnc(-c2nn(-c3ccc(Cl)cc3Cl)c(-c3ccc(Cl)cc3)c2C)s1. The van der Waals surface area contributed by atoms with Gasteiger partial charge in [0, 0.05) is 27.8 Å². The lowest BCUT2D eigenvalue weighted by molar-refractivity contribution is -0.0146. The molecular weight excluding hydrogens is 487 g/mol. The summed E-state index contributed by atoms with van der Waals surface area (Å²) in [5.74, 6) is 0. The minimum atomic E-state index is -0.528. The fourth-order valence-electron chi connectivity index (χ4n) is 3.46. The monoisotopic (exact) mass is 506 g/mol. The highest BCUT2D eigenvalue weighted by atomic mass is 35.5. The number of rotatable bonds is 6. The van der Waals surface area contributed by atoms with E-state index < -0.39 is 5.60 Å². The van der Waals surface area contributed by atoms with E-state index in [0.717, 1.165) is 33.2 Å². The summed E-state index contributed by atoms with van der Waals surface area (Å²) in [4.78, 5) is 0. The lowest BCUT2D eigenvalue weighted by Crippen LogP contribution is -2.21. The third-order valence-corrected chi connectivity index (χ3v) is 7.05. The number of halogens is 3. The van der Waals surface area contributed by atoms with Crippen LogP contribution in [0.15, 0.2) is 42.5 Å². The van der Waals surface area contributed by atoms with Crippen molar-refractivity contribution in [2.75, 3.05) is 6.61 Å². The molecule has 0 unspecified atom stereocenters. The topological polar surface area (TPSA) is 52.8 Å². The van der Waals surface area contributed by atoms with Gasteiger partial charge in [-0.05, 0) is 58.0 Å². The molecule has 0 radical (unpaired) electrons. The smallest absolute Gasteiger partial charge is 0.168 e. The minimum Gasteiger partial charge on any atom is -0.369 e. The first-order valence-electron chi connectivity index (χ1n) is 10.0. The Labute approximate surface area is 205 Å². The van der Waals surface area contributed by atoms with Crippen LogP contribution in [0.25, 0.3) is 27.6 Å². The van der Waals surface area contributed by atoms with Crippen LogP contribution in [0.3, 0.4) is 0 Å². The number of hydrogen-bond acceptors (Lipinski definition) is 5. The molecule has 4 rings (SSSR count). The summed E-state index contributed by atoms with van der Waals surface area (Å²) in [7, 11) is 0. The largest absolute Gasteiger partial charge is 0.369 e. The predicted octanol–water partition coefficient (Wildman–Crippen LogP) is 7.60. The lowest BCUT2D eigenvalue weighted by Gasteiger charge is -2.20. The Kier molecular flexibility index (Phi) is 6.61. The molecule has 0 amide bonds. The highest BCUT2D eigenvalue weighted by Crippen LogP contribution is 2.38. The van der Waals surface area contributed by atoms with Crippen molar-refractivity contribution < 1.29 is 4.74 Å². The van der Waals surface area contributed by atoms with Crippen LogP contribution in [-0.4, -0.2) is 26.6 Å². The van der Waals surface area contributed by atoms with Gasteiger partial charge in [0.15, 0.2) is 5.01 Å². The number of aromatic nitrogens is 4. The molecule has 0 spiro atoms. The molecule has 2 aromatic heterocycles.